The summed E-state index contributed by atoms with van der Waals surface area (Å²) in [5.41, 5.74) is 0.315. The number of rotatable bonds is 6. The molecule has 6 nitrogen and oxygen atoms in total. The summed E-state index contributed by atoms with van der Waals surface area (Å²) < 4.78 is 15.5. The molecule has 0 aliphatic heterocycles. The van der Waals surface area contributed by atoms with Gasteiger partial charge in [0.1, 0.15) is 0 Å². The fraction of sp³-hybridized carbons (Fsp3) is 0.462. The van der Waals surface area contributed by atoms with Gasteiger partial charge >= 0.3 is 6.16 Å². The maximum Gasteiger partial charge on any atom is 0.511 e. The van der Waals surface area contributed by atoms with Crippen molar-refractivity contribution < 1.29 is 29.2 Å². The van der Waals surface area contributed by atoms with Crippen LogP contribution in [0, 0.1) is 0 Å². The number of phenols is 1. The molecule has 0 saturated heterocycles. The van der Waals surface area contributed by atoms with E-state index in [0.29, 0.717) is 18.8 Å². The Hall–Kier alpha value is -1.79. The molecule has 0 radical (unpaired) electrons. The van der Waals surface area contributed by atoms with E-state index in [2.05, 4.69) is 4.74 Å². The topological polar surface area (TPSA) is 85.2 Å². The van der Waals surface area contributed by atoms with Gasteiger partial charge in [-0.1, -0.05) is 6.07 Å². The molecule has 0 aromatic heterocycles. The number of para-hydroxylation sites is 1. The monoisotopic (exact) mass is 270 g/mol. The van der Waals surface area contributed by atoms with Gasteiger partial charge in [0.2, 0.25) is 0 Å². The van der Waals surface area contributed by atoms with Gasteiger partial charge in [-0.05, 0) is 32.9 Å². The Kier molecular flexibility index (Phi) is 5.14. The molecule has 1 rings (SSSR count). The summed E-state index contributed by atoms with van der Waals surface area (Å²) in [5.74, 6) is -1.63. The molecule has 2 N–H and O–H groups in total. The van der Waals surface area contributed by atoms with Crippen LogP contribution < -0.4 is 4.74 Å². The Morgan fingerprint density at radius 2 is 1.84 bits per heavy atom. The molecule has 0 heterocycles. The molecule has 0 aliphatic carbocycles. The molecule has 0 unspecified atom stereocenters. The molecule has 6 heteroatoms. The van der Waals surface area contributed by atoms with Crippen LogP contribution in [-0.2, 0) is 15.3 Å². The summed E-state index contributed by atoms with van der Waals surface area (Å²) in [6.45, 7) is 6.00. The van der Waals surface area contributed by atoms with Gasteiger partial charge < -0.3 is 24.4 Å². The highest BCUT2D eigenvalue weighted by molar-refractivity contribution is 5.63. The standard InChI is InChI=1S/C13H18O6/c1-4-17-13(3,18-5-2)9-7-6-8-10(11(9)14)19-12(15)16/h6-8,14H,4-5H2,1-3H3,(H,15,16). The minimum absolute atomic E-state index is 0.157. The number of hydrogen-bond donors (Lipinski definition) is 2. The third kappa shape index (κ3) is 3.59. The predicted octanol–water partition coefficient (Wildman–Crippen LogP) is 2.69. The summed E-state index contributed by atoms with van der Waals surface area (Å²) in [6, 6.07) is 4.50. The summed E-state index contributed by atoms with van der Waals surface area (Å²) in [7, 11) is 0. The molecule has 0 spiro atoms. The van der Waals surface area contributed by atoms with Crippen molar-refractivity contribution in [3.8, 4) is 11.5 Å². The number of benzene rings is 1. The molecular weight excluding hydrogens is 252 g/mol. The quantitative estimate of drug-likeness (QED) is 0.469. The Morgan fingerprint density at radius 3 is 2.32 bits per heavy atom. The molecule has 19 heavy (non-hydrogen) atoms. The van der Waals surface area contributed by atoms with E-state index in [1.807, 2.05) is 0 Å². The molecule has 0 atom stereocenters. The van der Waals surface area contributed by atoms with E-state index in [0.717, 1.165) is 0 Å². The van der Waals surface area contributed by atoms with Crippen LogP contribution in [0.4, 0.5) is 4.79 Å². The number of hydrogen-bond acceptors (Lipinski definition) is 5. The SMILES string of the molecule is CCOC(C)(OCC)c1cccc(OC(=O)O)c1O. The van der Waals surface area contributed by atoms with Gasteiger partial charge in [-0.15, -0.1) is 0 Å². The van der Waals surface area contributed by atoms with Gasteiger partial charge in [0.15, 0.2) is 17.3 Å². The third-order valence-electron chi connectivity index (χ3n) is 2.53. The van der Waals surface area contributed by atoms with Crippen molar-refractivity contribution in [1.82, 2.24) is 0 Å². The largest absolute Gasteiger partial charge is 0.511 e. The number of aromatic hydroxyl groups is 1. The highest BCUT2D eigenvalue weighted by Gasteiger charge is 2.32. The fourth-order valence-corrected chi connectivity index (χ4v) is 1.81. The van der Waals surface area contributed by atoms with Crippen LogP contribution in [0.15, 0.2) is 18.2 Å². The molecule has 0 saturated carbocycles. The first-order valence-corrected chi connectivity index (χ1v) is 5.95. The molecule has 0 bridgehead atoms. The van der Waals surface area contributed by atoms with Crippen molar-refractivity contribution in [1.29, 1.82) is 0 Å². The number of carbonyl (C=O) groups is 1. The van der Waals surface area contributed by atoms with Crippen molar-refractivity contribution in [2.45, 2.75) is 26.6 Å². The maximum absolute atomic E-state index is 10.5. The van der Waals surface area contributed by atoms with E-state index in [-0.39, 0.29) is 11.5 Å². The zero-order chi connectivity index (χ0) is 14.5. The predicted molar refractivity (Wildman–Crippen MR) is 67.4 cm³/mol. The fourth-order valence-electron chi connectivity index (χ4n) is 1.81. The first-order chi connectivity index (χ1) is 8.94. The minimum Gasteiger partial charge on any atom is -0.504 e. The molecular formula is C13H18O6. The molecule has 0 fully saturated rings. The van der Waals surface area contributed by atoms with Crippen LogP contribution in [0.5, 0.6) is 11.5 Å². The van der Waals surface area contributed by atoms with Crippen molar-refractivity contribution in [2.75, 3.05) is 13.2 Å². The van der Waals surface area contributed by atoms with E-state index < -0.39 is 11.9 Å². The lowest BCUT2D eigenvalue weighted by Gasteiger charge is -2.30. The van der Waals surface area contributed by atoms with Crippen molar-refractivity contribution in [3.63, 3.8) is 0 Å². The molecule has 1 aromatic carbocycles. The first kappa shape index (κ1) is 15.3. The zero-order valence-electron chi connectivity index (χ0n) is 11.2. The van der Waals surface area contributed by atoms with E-state index in [9.17, 15) is 9.90 Å². The van der Waals surface area contributed by atoms with Crippen LogP contribution in [0.1, 0.15) is 26.3 Å². The average molecular weight is 270 g/mol. The highest BCUT2D eigenvalue weighted by atomic mass is 16.7. The summed E-state index contributed by atoms with van der Waals surface area (Å²) >= 11 is 0. The second kappa shape index (κ2) is 6.40. The van der Waals surface area contributed by atoms with E-state index >= 15 is 0 Å². The Labute approximate surface area is 111 Å². The average Bonchev–Trinajstić information content (AvgIpc) is 2.31. The van der Waals surface area contributed by atoms with Crippen molar-refractivity contribution >= 4 is 6.16 Å². The van der Waals surface area contributed by atoms with Crippen LogP contribution in [0.2, 0.25) is 0 Å². The second-order valence-electron chi connectivity index (χ2n) is 3.83. The van der Waals surface area contributed by atoms with Gasteiger partial charge in [-0.2, -0.15) is 0 Å². The molecule has 1 aromatic rings. The Balaban J connectivity index is 3.20. The van der Waals surface area contributed by atoms with Gasteiger partial charge in [-0.3, -0.25) is 0 Å². The van der Waals surface area contributed by atoms with Gasteiger partial charge in [0.05, 0.1) is 5.56 Å². The van der Waals surface area contributed by atoms with Crippen LogP contribution >= 0.6 is 0 Å². The van der Waals surface area contributed by atoms with Crippen molar-refractivity contribution in [3.05, 3.63) is 23.8 Å². The smallest absolute Gasteiger partial charge is 0.504 e. The lowest BCUT2D eigenvalue weighted by Crippen LogP contribution is -2.30. The lowest BCUT2D eigenvalue weighted by atomic mass is 10.1. The Bertz CT molecular complexity index is 437. The number of phenolic OH excluding ortho intramolecular Hbond substituents is 1. The summed E-state index contributed by atoms with van der Waals surface area (Å²) in [4.78, 5) is 10.5. The van der Waals surface area contributed by atoms with E-state index in [1.165, 1.54) is 6.07 Å². The summed E-state index contributed by atoms with van der Waals surface area (Å²) in [6.07, 6.45) is -1.50. The zero-order valence-corrected chi connectivity index (χ0v) is 11.2. The van der Waals surface area contributed by atoms with Crippen LogP contribution in [0.3, 0.4) is 0 Å². The van der Waals surface area contributed by atoms with Crippen LogP contribution in [0.25, 0.3) is 0 Å². The minimum atomic E-state index is -1.50. The highest BCUT2D eigenvalue weighted by Crippen LogP contribution is 2.39. The number of carboxylic acid groups (broad SMARTS) is 1. The first-order valence-electron chi connectivity index (χ1n) is 5.95. The van der Waals surface area contributed by atoms with Crippen molar-refractivity contribution in [2.24, 2.45) is 0 Å². The molecule has 0 aliphatic rings. The molecule has 106 valence electrons. The summed E-state index contributed by atoms with van der Waals surface area (Å²) in [5, 5.41) is 18.7. The van der Waals surface area contributed by atoms with Gasteiger partial charge in [0.25, 0.3) is 0 Å². The van der Waals surface area contributed by atoms with Crippen LogP contribution in [-0.4, -0.2) is 29.6 Å². The van der Waals surface area contributed by atoms with Gasteiger partial charge in [-0.25, -0.2) is 4.79 Å². The number of ether oxygens (including phenoxy) is 3. The second-order valence-corrected chi connectivity index (χ2v) is 3.83. The Morgan fingerprint density at radius 1 is 1.26 bits per heavy atom. The lowest BCUT2D eigenvalue weighted by molar-refractivity contribution is -0.230. The maximum atomic E-state index is 10.5. The van der Waals surface area contributed by atoms with E-state index in [4.69, 9.17) is 14.6 Å². The van der Waals surface area contributed by atoms with E-state index in [1.54, 1.807) is 32.9 Å². The van der Waals surface area contributed by atoms with Gasteiger partial charge in [0, 0.05) is 13.2 Å². The molecule has 0 amide bonds. The third-order valence-corrected chi connectivity index (χ3v) is 2.53. The normalized spacial score (nSPS) is 11.3.